The monoisotopic (exact) mass is 245 g/mol. The van der Waals surface area contributed by atoms with Crippen LogP contribution in [0.25, 0.3) is 0 Å². The molecule has 1 fully saturated rings. The molecule has 0 spiro atoms. The van der Waals surface area contributed by atoms with E-state index in [-0.39, 0.29) is 5.54 Å². The third-order valence-electron chi connectivity index (χ3n) is 4.72. The van der Waals surface area contributed by atoms with Gasteiger partial charge in [0.1, 0.15) is 5.75 Å². The summed E-state index contributed by atoms with van der Waals surface area (Å²) in [6.45, 7) is 3.15. The molecule has 2 N–H and O–H groups in total. The van der Waals surface area contributed by atoms with Crippen LogP contribution < -0.4 is 10.5 Å². The Morgan fingerprint density at radius 2 is 2.00 bits per heavy atom. The van der Waals surface area contributed by atoms with Crippen molar-refractivity contribution in [3.63, 3.8) is 0 Å². The Kier molecular flexibility index (Phi) is 3.06. The maximum absolute atomic E-state index is 6.60. The van der Waals surface area contributed by atoms with Crippen LogP contribution in [0.15, 0.2) is 24.3 Å². The van der Waals surface area contributed by atoms with Gasteiger partial charge in [-0.3, -0.25) is 0 Å². The highest BCUT2D eigenvalue weighted by molar-refractivity contribution is 5.39. The second kappa shape index (κ2) is 4.58. The molecule has 0 aromatic heterocycles. The molecular formula is C16H23NO. The van der Waals surface area contributed by atoms with Gasteiger partial charge in [-0.1, -0.05) is 25.1 Å². The molecule has 1 aromatic rings. The van der Waals surface area contributed by atoms with Crippen molar-refractivity contribution in [2.24, 2.45) is 11.7 Å². The fraction of sp³-hybridized carbons (Fsp3) is 0.625. The number of para-hydroxylation sites is 1. The topological polar surface area (TPSA) is 35.2 Å². The Morgan fingerprint density at radius 1 is 1.28 bits per heavy atom. The van der Waals surface area contributed by atoms with Gasteiger partial charge in [-0.15, -0.1) is 0 Å². The summed E-state index contributed by atoms with van der Waals surface area (Å²) in [6, 6.07) is 8.41. The van der Waals surface area contributed by atoms with Crippen LogP contribution in [0.3, 0.4) is 0 Å². The summed E-state index contributed by atoms with van der Waals surface area (Å²) in [7, 11) is 0. The number of benzene rings is 1. The number of hydrogen-bond acceptors (Lipinski definition) is 2. The lowest BCUT2D eigenvalue weighted by molar-refractivity contribution is 0.207. The quantitative estimate of drug-likeness (QED) is 0.866. The number of nitrogens with two attached hydrogens (primary N) is 1. The van der Waals surface area contributed by atoms with Crippen molar-refractivity contribution in [1.29, 1.82) is 0 Å². The number of ether oxygens (including phenoxy) is 1. The van der Waals surface area contributed by atoms with Crippen molar-refractivity contribution in [2.45, 2.75) is 50.5 Å². The van der Waals surface area contributed by atoms with Crippen molar-refractivity contribution in [3.05, 3.63) is 29.8 Å². The molecule has 1 atom stereocenters. The van der Waals surface area contributed by atoms with Gasteiger partial charge in [-0.2, -0.15) is 0 Å². The maximum Gasteiger partial charge on any atom is 0.122 e. The molecule has 1 saturated carbocycles. The summed E-state index contributed by atoms with van der Waals surface area (Å²) >= 11 is 0. The third kappa shape index (κ3) is 2.26. The van der Waals surface area contributed by atoms with E-state index >= 15 is 0 Å². The van der Waals surface area contributed by atoms with Gasteiger partial charge >= 0.3 is 0 Å². The molecule has 0 radical (unpaired) electrons. The summed E-state index contributed by atoms with van der Waals surface area (Å²) in [5, 5.41) is 0. The van der Waals surface area contributed by atoms with Crippen LogP contribution in [0.1, 0.15) is 50.5 Å². The minimum atomic E-state index is 0.0397. The van der Waals surface area contributed by atoms with Crippen molar-refractivity contribution < 1.29 is 4.74 Å². The van der Waals surface area contributed by atoms with E-state index in [0.29, 0.717) is 5.92 Å². The first-order valence-corrected chi connectivity index (χ1v) is 7.17. The smallest absolute Gasteiger partial charge is 0.122 e. The van der Waals surface area contributed by atoms with Crippen molar-refractivity contribution in [3.8, 4) is 5.75 Å². The molecule has 2 nitrogen and oxygen atoms in total. The molecular weight excluding hydrogens is 222 g/mol. The third-order valence-corrected chi connectivity index (χ3v) is 4.72. The average Bonchev–Trinajstić information content (AvgIpc) is 2.77. The van der Waals surface area contributed by atoms with E-state index in [2.05, 4.69) is 25.1 Å². The molecule has 2 aliphatic rings. The summed E-state index contributed by atoms with van der Waals surface area (Å²) in [6.07, 6.45) is 5.99. The minimum absolute atomic E-state index is 0.0397. The molecule has 1 aliphatic carbocycles. The molecule has 98 valence electrons. The maximum atomic E-state index is 6.60. The highest BCUT2D eigenvalue weighted by Crippen LogP contribution is 2.42. The van der Waals surface area contributed by atoms with E-state index in [4.69, 9.17) is 10.5 Å². The summed E-state index contributed by atoms with van der Waals surface area (Å²) in [5.41, 5.74) is 8.00. The van der Waals surface area contributed by atoms with Gasteiger partial charge in [0.05, 0.1) is 6.61 Å². The zero-order valence-corrected chi connectivity index (χ0v) is 11.2. The van der Waals surface area contributed by atoms with Crippen molar-refractivity contribution in [1.82, 2.24) is 0 Å². The van der Waals surface area contributed by atoms with Gasteiger partial charge in [0.25, 0.3) is 0 Å². The Morgan fingerprint density at radius 3 is 2.78 bits per heavy atom. The Balaban J connectivity index is 1.71. The van der Waals surface area contributed by atoms with Gasteiger partial charge in [-0.25, -0.2) is 0 Å². The molecule has 2 heteroatoms. The summed E-state index contributed by atoms with van der Waals surface area (Å²) in [4.78, 5) is 0. The van der Waals surface area contributed by atoms with E-state index in [0.717, 1.165) is 24.7 Å². The van der Waals surface area contributed by atoms with Crippen LogP contribution in [0.2, 0.25) is 0 Å². The van der Waals surface area contributed by atoms with Gasteiger partial charge in [0.15, 0.2) is 0 Å². The normalized spacial score (nSPS) is 35.0. The van der Waals surface area contributed by atoms with Crippen molar-refractivity contribution in [2.75, 3.05) is 6.61 Å². The highest BCUT2D eigenvalue weighted by Gasteiger charge is 2.35. The standard InChI is InChI=1S/C16H23NO/c1-12-6-8-16(17,9-7-12)10-13-11-18-15-5-3-2-4-14(13)15/h2-5,12-13H,6-11,17H2,1H3. The van der Waals surface area contributed by atoms with Crippen LogP contribution in [-0.2, 0) is 0 Å². The summed E-state index contributed by atoms with van der Waals surface area (Å²) in [5.74, 6) is 2.42. The fourth-order valence-electron chi connectivity index (χ4n) is 3.43. The first-order chi connectivity index (χ1) is 8.66. The molecule has 1 aromatic carbocycles. The predicted molar refractivity (Wildman–Crippen MR) is 73.8 cm³/mol. The predicted octanol–water partition coefficient (Wildman–Crippen LogP) is 3.46. The molecule has 0 saturated heterocycles. The molecule has 0 bridgehead atoms. The second-order valence-electron chi connectivity index (χ2n) is 6.29. The van der Waals surface area contributed by atoms with Gasteiger partial charge in [-0.05, 0) is 44.1 Å². The Hall–Kier alpha value is -1.02. The van der Waals surface area contributed by atoms with E-state index in [9.17, 15) is 0 Å². The zero-order valence-electron chi connectivity index (χ0n) is 11.2. The second-order valence-corrected chi connectivity index (χ2v) is 6.29. The molecule has 18 heavy (non-hydrogen) atoms. The van der Waals surface area contributed by atoms with E-state index in [1.807, 2.05) is 6.07 Å². The van der Waals surface area contributed by atoms with Crippen LogP contribution in [0, 0.1) is 5.92 Å². The lowest BCUT2D eigenvalue weighted by atomic mass is 9.72. The molecule has 1 aliphatic heterocycles. The largest absolute Gasteiger partial charge is 0.493 e. The van der Waals surface area contributed by atoms with Gasteiger partial charge in [0.2, 0.25) is 0 Å². The van der Waals surface area contributed by atoms with Gasteiger partial charge in [0, 0.05) is 17.0 Å². The number of hydrogen-bond donors (Lipinski definition) is 1. The first-order valence-electron chi connectivity index (χ1n) is 7.17. The van der Waals surface area contributed by atoms with Crippen LogP contribution >= 0.6 is 0 Å². The number of rotatable bonds is 2. The first kappa shape index (κ1) is 12.0. The summed E-state index contributed by atoms with van der Waals surface area (Å²) < 4.78 is 5.76. The number of fused-ring (bicyclic) bond motifs is 1. The van der Waals surface area contributed by atoms with Crippen molar-refractivity contribution >= 4 is 0 Å². The molecule has 1 heterocycles. The Bertz CT molecular complexity index is 421. The van der Waals surface area contributed by atoms with Gasteiger partial charge < -0.3 is 10.5 Å². The Labute approximate surface area is 110 Å². The average molecular weight is 245 g/mol. The van der Waals surface area contributed by atoms with E-state index in [1.165, 1.54) is 31.2 Å². The lowest BCUT2D eigenvalue weighted by Crippen LogP contribution is -2.44. The fourth-order valence-corrected chi connectivity index (χ4v) is 3.43. The SMILES string of the molecule is CC1CCC(N)(CC2COc3ccccc32)CC1. The molecule has 0 amide bonds. The van der Waals surface area contributed by atoms with Crippen LogP contribution in [0.4, 0.5) is 0 Å². The molecule has 3 rings (SSSR count). The van der Waals surface area contributed by atoms with E-state index < -0.39 is 0 Å². The van der Waals surface area contributed by atoms with E-state index in [1.54, 1.807) is 0 Å². The van der Waals surface area contributed by atoms with Crippen LogP contribution in [0.5, 0.6) is 5.75 Å². The molecule has 1 unspecified atom stereocenters. The van der Waals surface area contributed by atoms with Crippen LogP contribution in [-0.4, -0.2) is 12.1 Å². The highest BCUT2D eigenvalue weighted by atomic mass is 16.5. The minimum Gasteiger partial charge on any atom is -0.493 e. The zero-order chi connectivity index (χ0) is 12.6. The lowest BCUT2D eigenvalue weighted by Gasteiger charge is -2.37.